The van der Waals surface area contributed by atoms with Crippen LogP contribution in [0.3, 0.4) is 0 Å². The second-order valence-corrected chi connectivity index (χ2v) is 8.80. The molecular weight excluding hydrogens is 532 g/mol. The number of methoxy groups -OCH3 is 3. The maximum atomic E-state index is 13.0. The summed E-state index contributed by atoms with van der Waals surface area (Å²) < 4.78 is 47.1. The lowest BCUT2D eigenvalue weighted by Crippen LogP contribution is -2.36. The molecule has 0 fully saturated rings. The normalized spacial score (nSPS) is 10.5. The monoisotopic (exact) mass is 556 g/mol. The number of nitrogens with zero attached hydrogens (tertiary/aromatic N) is 2. The standard InChI is InChI=1S/C20H24N6O9S2/c1-5-35-20(29)24-16(36)10-21-11-6-7-12(17(27)34-4)13(8-11)37(30,31)26-19(28)25-18-22-14(32-2)9-15(23-18)33-3/h6-9,21H,5,10H2,1-4H3,(H,24,29,36)(H2,22,23,25,26,28). The molecule has 1 aromatic carbocycles. The van der Waals surface area contributed by atoms with Crippen molar-refractivity contribution in [1.82, 2.24) is 20.0 Å². The van der Waals surface area contributed by atoms with Crippen molar-refractivity contribution in [2.45, 2.75) is 11.8 Å². The first-order chi connectivity index (χ1) is 17.5. The highest BCUT2D eigenvalue weighted by Gasteiger charge is 2.26. The molecule has 1 aromatic heterocycles. The molecule has 0 radical (unpaired) electrons. The minimum absolute atomic E-state index is 0.0483. The van der Waals surface area contributed by atoms with Gasteiger partial charge in [-0.05, 0) is 25.1 Å². The molecule has 0 bridgehead atoms. The Morgan fingerprint density at radius 1 is 1.03 bits per heavy atom. The summed E-state index contributed by atoms with van der Waals surface area (Å²) in [7, 11) is -0.911. The second-order valence-electron chi connectivity index (χ2n) is 6.66. The lowest BCUT2D eigenvalue weighted by atomic mass is 10.2. The van der Waals surface area contributed by atoms with Crippen molar-refractivity contribution in [3.8, 4) is 11.8 Å². The van der Waals surface area contributed by atoms with Gasteiger partial charge in [-0.25, -0.2) is 27.5 Å². The lowest BCUT2D eigenvalue weighted by molar-refractivity contribution is 0.0596. The van der Waals surface area contributed by atoms with Gasteiger partial charge < -0.3 is 24.3 Å². The predicted molar refractivity (Wildman–Crippen MR) is 134 cm³/mol. The van der Waals surface area contributed by atoms with Crippen molar-refractivity contribution in [3.05, 3.63) is 29.8 Å². The second kappa shape index (κ2) is 13.2. The van der Waals surface area contributed by atoms with E-state index in [1.54, 1.807) is 11.6 Å². The Bertz CT molecular complexity index is 1260. The highest BCUT2D eigenvalue weighted by molar-refractivity contribution is 7.90. The van der Waals surface area contributed by atoms with E-state index in [0.29, 0.717) is 0 Å². The van der Waals surface area contributed by atoms with E-state index in [9.17, 15) is 22.8 Å². The van der Waals surface area contributed by atoms with Crippen LogP contribution in [0.2, 0.25) is 0 Å². The average molecular weight is 557 g/mol. The molecule has 0 saturated carbocycles. The Morgan fingerprint density at radius 3 is 2.24 bits per heavy atom. The highest BCUT2D eigenvalue weighted by atomic mass is 32.2. The van der Waals surface area contributed by atoms with Gasteiger partial charge in [0.05, 0.1) is 46.1 Å². The number of ether oxygens (including phenoxy) is 4. The molecule has 0 saturated heterocycles. The van der Waals surface area contributed by atoms with Gasteiger partial charge in [0, 0.05) is 5.69 Å². The average Bonchev–Trinajstić information content (AvgIpc) is 2.86. The molecule has 0 aliphatic rings. The Balaban J connectivity index is 2.25. The summed E-state index contributed by atoms with van der Waals surface area (Å²) in [4.78, 5) is 43.3. The maximum Gasteiger partial charge on any atom is 0.412 e. The number of nitrogens with one attached hydrogen (secondary N) is 4. The van der Waals surface area contributed by atoms with Gasteiger partial charge in [0.15, 0.2) is 0 Å². The van der Waals surface area contributed by atoms with E-state index >= 15 is 0 Å². The van der Waals surface area contributed by atoms with E-state index in [1.165, 1.54) is 32.4 Å². The SMILES string of the molecule is CCOC(=O)NC(=S)CNc1ccc(C(=O)OC)c(S(=O)(=O)NC(=O)Nc2nc(OC)cc(OC)n2)c1. The number of thiocarbonyl (C=S) groups is 1. The van der Waals surface area contributed by atoms with E-state index in [1.807, 2.05) is 0 Å². The Hall–Kier alpha value is -4.25. The van der Waals surface area contributed by atoms with Gasteiger partial charge in [0.25, 0.3) is 10.0 Å². The van der Waals surface area contributed by atoms with Crippen molar-refractivity contribution in [2.24, 2.45) is 0 Å². The van der Waals surface area contributed by atoms with Crippen LogP contribution in [0, 0.1) is 0 Å². The number of hydrogen-bond donors (Lipinski definition) is 4. The zero-order valence-electron chi connectivity index (χ0n) is 20.1. The molecule has 0 aliphatic heterocycles. The van der Waals surface area contributed by atoms with Crippen molar-refractivity contribution >= 4 is 57.0 Å². The van der Waals surface area contributed by atoms with Crippen molar-refractivity contribution < 1.29 is 41.7 Å². The summed E-state index contributed by atoms with van der Waals surface area (Å²) in [6.45, 7) is 1.70. The smallest absolute Gasteiger partial charge is 0.412 e. The van der Waals surface area contributed by atoms with Crippen LogP contribution >= 0.6 is 12.2 Å². The molecular formula is C20H24N6O9S2. The topological polar surface area (TPSA) is 196 Å². The molecule has 15 nitrogen and oxygen atoms in total. The molecule has 1 heterocycles. The minimum Gasteiger partial charge on any atom is -0.481 e. The molecule has 4 N–H and O–H groups in total. The van der Waals surface area contributed by atoms with Crippen LogP contribution in [0.1, 0.15) is 17.3 Å². The van der Waals surface area contributed by atoms with Crippen molar-refractivity contribution in [3.63, 3.8) is 0 Å². The molecule has 17 heteroatoms. The number of amides is 3. The van der Waals surface area contributed by atoms with Crippen molar-refractivity contribution in [2.75, 3.05) is 45.1 Å². The highest BCUT2D eigenvalue weighted by Crippen LogP contribution is 2.22. The number of sulfonamides is 1. The molecule has 3 amide bonds. The molecule has 0 unspecified atom stereocenters. The number of urea groups is 1. The minimum atomic E-state index is -4.63. The first-order valence-corrected chi connectivity index (χ1v) is 12.2. The van der Waals surface area contributed by atoms with Gasteiger partial charge in [0.1, 0.15) is 9.88 Å². The summed E-state index contributed by atoms with van der Waals surface area (Å²) in [6.07, 6.45) is -0.744. The van der Waals surface area contributed by atoms with Crippen LogP contribution in [-0.2, 0) is 19.5 Å². The zero-order chi connectivity index (χ0) is 27.6. The van der Waals surface area contributed by atoms with Gasteiger partial charge >= 0.3 is 18.1 Å². The predicted octanol–water partition coefficient (Wildman–Crippen LogP) is 1.28. The third-order valence-corrected chi connectivity index (χ3v) is 5.81. The number of rotatable bonds is 10. The lowest BCUT2D eigenvalue weighted by Gasteiger charge is -2.14. The van der Waals surface area contributed by atoms with E-state index in [0.717, 1.165) is 13.2 Å². The number of carbonyl (C=O) groups is 3. The zero-order valence-corrected chi connectivity index (χ0v) is 21.7. The first-order valence-electron chi connectivity index (χ1n) is 10.3. The van der Waals surface area contributed by atoms with Crippen LogP contribution in [0.15, 0.2) is 29.2 Å². The fraction of sp³-hybridized carbons (Fsp3) is 0.300. The van der Waals surface area contributed by atoms with Gasteiger partial charge in [0.2, 0.25) is 17.7 Å². The van der Waals surface area contributed by atoms with Gasteiger partial charge in [-0.15, -0.1) is 0 Å². The van der Waals surface area contributed by atoms with E-state index in [-0.39, 0.29) is 47.1 Å². The number of carbonyl (C=O) groups excluding carboxylic acids is 3. The molecule has 37 heavy (non-hydrogen) atoms. The van der Waals surface area contributed by atoms with E-state index < -0.39 is 33.0 Å². The molecule has 0 atom stereocenters. The van der Waals surface area contributed by atoms with Crippen LogP contribution in [-0.4, -0.2) is 75.9 Å². The molecule has 2 rings (SSSR count). The Kier molecular flexibility index (Phi) is 10.3. The number of esters is 1. The third kappa shape index (κ3) is 8.43. The summed E-state index contributed by atoms with van der Waals surface area (Å²) >= 11 is 5.03. The van der Waals surface area contributed by atoms with Crippen LogP contribution in [0.5, 0.6) is 11.8 Å². The van der Waals surface area contributed by atoms with Crippen LogP contribution in [0.25, 0.3) is 0 Å². The molecule has 2 aromatic rings. The summed E-state index contributed by atoms with van der Waals surface area (Å²) in [5.74, 6) is -1.18. The van der Waals surface area contributed by atoms with Crippen LogP contribution in [0.4, 0.5) is 21.2 Å². The quantitative estimate of drug-likeness (QED) is 0.241. The van der Waals surface area contributed by atoms with Crippen molar-refractivity contribution in [1.29, 1.82) is 0 Å². The Labute approximate surface area is 217 Å². The van der Waals surface area contributed by atoms with E-state index in [4.69, 9.17) is 26.4 Å². The fourth-order valence-corrected chi connectivity index (χ4v) is 3.90. The largest absolute Gasteiger partial charge is 0.481 e. The molecule has 0 aliphatic carbocycles. The number of hydrogen-bond acceptors (Lipinski definition) is 13. The third-order valence-electron chi connectivity index (χ3n) is 4.20. The summed E-state index contributed by atoms with van der Waals surface area (Å²) in [6, 6.07) is 3.76. The summed E-state index contributed by atoms with van der Waals surface area (Å²) in [5.41, 5.74) is -0.151. The summed E-state index contributed by atoms with van der Waals surface area (Å²) in [5, 5.41) is 7.27. The number of alkyl carbamates (subject to hydrolysis) is 1. The number of benzene rings is 1. The first kappa shape index (κ1) is 29.0. The number of anilines is 2. The van der Waals surface area contributed by atoms with Gasteiger partial charge in [-0.2, -0.15) is 9.97 Å². The van der Waals surface area contributed by atoms with Crippen LogP contribution < -0.4 is 30.1 Å². The molecule has 200 valence electrons. The number of aromatic nitrogens is 2. The maximum absolute atomic E-state index is 13.0. The van der Waals surface area contributed by atoms with Gasteiger partial charge in [-0.3, -0.25) is 10.6 Å². The van der Waals surface area contributed by atoms with E-state index in [2.05, 4.69) is 30.7 Å². The Morgan fingerprint density at radius 2 is 1.68 bits per heavy atom. The van der Waals surface area contributed by atoms with Gasteiger partial charge in [-0.1, -0.05) is 12.2 Å². The fourth-order valence-electron chi connectivity index (χ4n) is 2.61. The molecule has 0 spiro atoms.